The van der Waals surface area contributed by atoms with E-state index in [9.17, 15) is 18.0 Å². The lowest BCUT2D eigenvalue weighted by molar-refractivity contribution is -0.117. The summed E-state index contributed by atoms with van der Waals surface area (Å²) in [6.07, 6.45) is 1.53. The Morgan fingerprint density at radius 1 is 1.00 bits per heavy atom. The number of carbonyl (C=O) groups is 2. The topological polar surface area (TPSA) is 123 Å². The second kappa shape index (κ2) is 13.1. The van der Waals surface area contributed by atoms with Crippen LogP contribution < -0.4 is 15.4 Å². The number of methoxy groups -OCH3 is 1. The molecule has 9 nitrogen and oxygen atoms in total. The quantitative estimate of drug-likeness (QED) is 0.398. The van der Waals surface area contributed by atoms with Crippen molar-refractivity contribution in [3.63, 3.8) is 0 Å². The van der Waals surface area contributed by atoms with Crippen molar-refractivity contribution in [3.05, 3.63) is 54.6 Å². The van der Waals surface area contributed by atoms with Gasteiger partial charge in [0, 0.05) is 18.5 Å². The number of ether oxygens (including phenoxy) is 2. The molecule has 0 fully saturated rings. The van der Waals surface area contributed by atoms with E-state index in [1.807, 2.05) is 6.26 Å². The normalized spacial score (nSPS) is 12.1. The van der Waals surface area contributed by atoms with Gasteiger partial charge in [0.1, 0.15) is 12.6 Å². The predicted octanol–water partition coefficient (Wildman–Crippen LogP) is 2.92. The minimum Gasteiger partial charge on any atom is -0.447 e. The number of carbonyl (C=O) groups excluding carboxylic acids is 2. The number of thioether (sulfide) groups is 1. The molecule has 1 atom stereocenters. The lowest BCUT2D eigenvalue weighted by Crippen LogP contribution is -2.44. The number of rotatable bonds is 12. The zero-order valence-corrected chi connectivity index (χ0v) is 19.5. The van der Waals surface area contributed by atoms with Crippen LogP contribution in [-0.4, -0.2) is 58.8 Å². The Hall–Kier alpha value is -2.60. The largest absolute Gasteiger partial charge is 0.447 e. The summed E-state index contributed by atoms with van der Waals surface area (Å²) in [5, 5.41) is 5.26. The Morgan fingerprint density at radius 3 is 2.34 bits per heavy atom. The van der Waals surface area contributed by atoms with Crippen LogP contribution in [0.25, 0.3) is 0 Å². The number of hydrogen-bond acceptors (Lipinski definition) is 7. The molecule has 0 saturated carbocycles. The first-order chi connectivity index (χ1) is 15.4. The fourth-order valence-corrected chi connectivity index (χ4v) is 4.33. The zero-order chi connectivity index (χ0) is 23.4. The van der Waals surface area contributed by atoms with Gasteiger partial charge in [-0.3, -0.25) is 10.1 Å². The summed E-state index contributed by atoms with van der Waals surface area (Å²) in [7, 11) is -2.37. The van der Waals surface area contributed by atoms with Crippen molar-refractivity contribution >= 4 is 45.2 Å². The van der Waals surface area contributed by atoms with Crippen molar-refractivity contribution in [3.8, 4) is 0 Å². The Bertz CT molecular complexity index is 986. The average molecular weight is 482 g/mol. The molecule has 2 aromatic carbocycles. The molecule has 0 saturated heterocycles. The van der Waals surface area contributed by atoms with Crippen LogP contribution in [0.3, 0.4) is 0 Å². The van der Waals surface area contributed by atoms with Gasteiger partial charge in [-0.1, -0.05) is 24.3 Å². The standard InChI is InChI=1S/C21H27N3O6S2/c1-29-12-13-30-21(26)23-17-8-6-7-16(15-17)22-20(25)19(11-14-31-2)24-32(27,28)18-9-4-3-5-10-18/h3-10,15,19,24H,11-14H2,1-2H3,(H,22,25)(H,23,26). The van der Waals surface area contributed by atoms with Crippen molar-refractivity contribution < 1.29 is 27.5 Å². The fourth-order valence-electron chi connectivity index (χ4n) is 2.61. The van der Waals surface area contributed by atoms with Crippen LogP contribution in [0.5, 0.6) is 0 Å². The maximum Gasteiger partial charge on any atom is 0.411 e. The van der Waals surface area contributed by atoms with Crippen LogP contribution in [0.15, 0.2) is 59.5 Å². The molecule has 32 heavy (non-hydrogen) atoms. The third kappa shape index (κ3) is 8.50. The van der Waals surface area contributed by atoms with E-state index < -0.39 is 28.1 Å². The van der Waals surface area contributed by atoms with Crippen LogP contribution in [0.1, 0.15) is 6.42 Å². The summed E-state index contributed by atoms with van der Waals surface area (Å²) in [6.45, 7) is 0.386. The number of nitrogens with one attached hydrogen (secondary N) is 3. The van der Waals surface area contributed by atoms with Crippen LogP contribution in [0.2, 0.25) is 0 Å². The summed E-state index contributed by atoms with van der Waals surface area (Å²) in [5.41, 5.74) is 0.813. The monoisotopic (exact) mass is 481 g/mol. The van der Waals surface area contributed by atoms with Gasteiger partial charge < -0.3 is 14.8 Å². The molecule has 3 N–H and O–H groups in total. The molecule has 2 rings (SSSR count). The molecule has 174 valence electrons. The molecule has 2 aromatic rings. The summed E-state index contributed by atoms with van der Waals surface area (Å²) in [6, 6.07) is 13.4. The number of benzene rings is 2. The average Bonchev–Trinajstić information content (AvgIpc) is 2.77. The molecular weight excluding hydrogens is 454 g/mol. The highest BCUT2D eigenvalue weighted by Gasteiger charge is 2.25. The van der Waals surface area contributed by atoms with E-state index in [0.717, 1.165) is 0 Å². The highest BCUT2D eigenvalue weighted by Crippen LogP contribution is 2.17. The lowest BCUT2D eigenvalue weighted by Gasteiger charge is -2.18. The van der Waals surface area contributed by atoms with Gasteiger partial charge in [0.2, 0.25) is 15.9 Å². The summed E-state index contributed by atoms with van der Waals surface area (Å²) < 4.78 is 37.6. The zero-order valence-electron chi connectivity index (χ0n) is 17.9. The maximum atomic E-state index is 12.9. The second-order valence-corrected chi connectivity index (χ2v) is 9.29. The number of sulfonamides is 1. The van der Waals surface area contributed by atoms with Gasteiger partial charge in [-0.05, 0) is 48.8 Å². The van der Waals surface area contributed by atoms with Gasteiger partial charge in [-0.25, -0.2) is 13.2 Å². The third-order valence-electron chi connectivity index (χ3n) is 4.18. The lowest BCUT2D eigenvalue weighted by atomic mass is 10.2. The first kappa shape index (κ1) is 25.7. The highest BCUT2D eigenvalue weighted by molar-refractivity contribution is 7.98. The van der Waals surface area contributed by atoms with Crippen LogP contribution in [-0.2, 0) is 24.3 Å². The molecular formula is C21H27N3O6S2. The van der Waals surface area contributed by atoms with Crippen molar-refractivity contribution in [2.24, 2.45) is 0 Å². The third-order valence-corrected chi connectivity index (χ3v) is 6.31. The summed E-state index contributed by atoms with van der Waals surface area (Å²) >= 11 is 1.51. The Kier molecular flexibility index (Phi) is 10.5. The first-order valence-corrected chi connectivity index (χ1v) is 12.6. The van der Waals surface area contributed by atoms with E-state index in [-0.39, 0.29) is 18.1 Å². The van der Waals surface area contributed by atoms with E-state index in [1.165, 1.54) is 31.0 Å². The van der Waals surface area contributed by atoms with Crippen molar-refractivity contribution in [2.75, 3.05) is 43.0 Å². The smallest absolute Gasteiger partial charge is 0.411 e. The van der Waals surface area contributed by atoms with E-state index in [0.29, 0.717) is 23.5 Å². The molecule has 0 heterocycles. The van der Waals surface area contributed by atoms with Crippen LogP contribution in [0, 0.1) is 0 Å². The molecule has 0 spiro atoms. The second-order valence-electron chi connectivity index (χ2n) is 6.59. The van der Waals surface area contributed by atoms with E-state index in [4.69, 9.17) is 9.47 Å². The summed E-state index contributed by atoms with van der Waals surface area (Å²) in [5.74, 6) is 0.0861. The summed E-state index contributed by atoms with van der Waals surface area (Å²) in [4.78, 5) is 24.7. The Labute approximate surface area is 192 Å². The Balaban J connectivity index is 2.07. The fraction of sp³-hybridized carbons (Fsp3) is 0.333. The molecule has 2 amide bonds. The van der Waals surface area contributed by atoms with Gasteiger partial charge in [-0.15, -0.1) is 0 Å². The Morgan fingerprint density at radius 2 is 1.69 bits per heavy atom. The molecule has 0 aromatic heterocycles. The van der Waals surface area contributed by atoms with Gasteiger partial charge >= 0.3 is 6.09 Å². The maximum absolute atomic E-state index is 12.9. The van der Waals surface area contributed by atoms with Crippen LogP contribution in [0.4, 0.5) is 16.2 Å². The first-order valence-electron chi connectivity index (χ1n) is 9.75. The molecule has 0 aliphatic heterocycles. The SMILES string of the molecule is COCCOC(=O)Nc1cccc(NC(=O)C(CCSC)NS(=O)(=O)c2ccccc2)c1. The van der Waals surface area contributed by atoms with Crippen molar-refractivity contribution in [2.45, 2.75) is 17.4 Å². The van der Waals surface area contributed by atoms with Gasteiger partial charge in [0.25, 0.3) is 0 Å². The molecule has 0 aliphatic rings. The molecule has 0 radical (unpaired) electrons. The minimum atomic E-state index is -3.87. The van der Waals surface area contributed by atoms with Gasteiger partial charge in [-0.2, -0.15) is 16.5 Å². The molecule has 11 heteroatoms. The molecule has 0 bridgehead atoms. The number of anilines is 2. The van der Waals surface area contributed by atoms with E-state index in [1.54, 1.807) is 42.5 Å². The number of hydrogen-bond donors (Lipinski definition) is 3. The van der Waals surface area contributed by atoms with Crippen molar-refractivity contribution in [1.82, 2.24) is 4.72 Å². The molecule has 1 unspecified atom stereocenters. The van der Waals surface area contributed by atoms with Crippen LogP contribution >= 0.6 is 11.8 Å². The van der Waals surface area contributed by atoms with Crippen molar-refractivity contribution in [1.29, 1.82) is 0 Å². The highest BCUT2D eigenvalue weighted by atomic mass is 32.2. The predicted molar refractivity (Wildman–Crippen MR) is 125 cm³/mol. The van der Waals surface area contributed by atoms with Gasteiger partial charge in [0.05, 0.1) is 11.5 Å². The van der Waals surface area contributed by atoms with E-state index >= 15 is 0 Å². The number of amides is 2. The minimum absolute atomic E-state index is 0.0835. The van der Waals surface area contributed by atoms with E-state index in [2.05, 4.69) is 15.4 Å². The molecule has 0 aliphatic carbocycles. The van der Waals surface area contributed by atoms with Gasteiger partial charge in [0.15, 0.2) is 0 Å².